The van der Waals surface area contributed by atoms with Crippen LogP contribution in [0.4, 0.5) is 0 Å². The predicted molar refractivity (Wildman–Crippen MR) is 111 cm³/mol. The summed E-state index contributed by atoms with van der Waals surface area (Å²) in [5, 5.41) is 0. The van der Waals surface area contributed by atoms with E-state index in [0.29, 0.717) is 24.6 Å². The van der Waals surface area contributed by atoms with Gasteiger partial charge in [0.1, 0.15) is 5.75 Å². The lowest BCUT2D eigenvalue weighted by atomic mass is 10.1. The van der Waals surface area contributed by atoms with Crippen molar-refractivity contribution in [1.82, 2.24) is 4.57 Å². The number of halogens is 1. The van der Waals surface area contributed by atoms with Gasteiger partial charge in [0, 0.05) is 17.6 Å². The van der Waals surface area contributed by atoms with E-state index in [1.54, 1.807) is 7.11 Å². The molecule has 0 aliphatic carbocycles. The van der Waals surface area contributed by atoms with Crippen LogP contribution in [0.2, 0.25) is 0 Å². The predicted octanol–water partition coefficient (Wildman–Crippen LogP) is 4.18. The Bertz CT molecular complexity index is 1010. The van der Waals surface area contributed by atoms with Crippen LogP contribution in [0, 0.1) is 0 Å². The zero-order valence-corrected chi connectivity index (χ0v) is 17.7. The second-order valence-electron chi connectivity index (χ2n) is 5.88. The van der Waals surface area contributed by atoms with Gasteiger partial charge in [-0.05, 0) is 42.8 Å². The first kappa shape index (κ1) is 19.8. The number of benzene rings is 2. The van der Waals surface area contributed by atoms with Gasteiger partial charge >= 0.3 is 0 Å². The number of rotatable bonds is 7. The number of hydrogen-bond donors (Lipinski definition) is 0. The lowest BCUT2D eigenvalue weighted by Crippen LogP contribution is -2.20. The van der Waals surface area contributed by atoms with E-state index in [-0.39, 0.29) is 12.3 Å². The number of aromatic nitrogens is 1. The lowest BCUT2D eigenvalue weighted by Gasteiger charge is -2.05. The van der Waals surface area contributed by atoms with Crippen LogP contribution in [0.1, 0.15) is 12.5 Å². The monoisotopic (exact) mass is 448 g/mol. The molecule has 0 unspecified atom stereocenters. The van der Waals surface area contributed by atoms with E-state index in [4.69, 9.17) is 9.47 Å². The molecule has 0 saturated carbocycles. The molecular formula is C20H21BrN2O3S. The molecule has 3 aromatic rings. The fourth-order valence-corrected chi connectivity index (χ4v) is 4.38. The molecule has 27 heavy (non-hydrogen) atoms. The number of carbonyl (C=O) groups excluding carboxylic acids is 1. The van der Waals surface area contributed by atoms with Crippen molar-refractivity contribution in [2.75, 3.05) is 20.3 Å². The van der Waals surface area contributed by atoms with Gasteiger partial charge in [-0.25, -0.2) is 0 Å². The molecule has 0 atom stereocenters. The average Bonchev–Trinajstić information content (AvgIpc) is 2.98. The van der Waals surface area contributed by atoms with Gasteiger partial charge in [0.15, 0.2) is 4.80 Å². The maximum atomic E-state index is 12.6. The van der Waals surface area contributed by atoms with Crippen molar-refractivity contribution in [3.63, 3.8) is 0 Å². The third kappa shape index (κ3) is 5.06. The maximum Gasteiger partial charge on any atom is 0.252 e. The molecule has 0 aliphatic rings. The molecule has 3 rings (SSSR count). The van der Waals surface area contributed by atoms with Crippen LogP contribution in [0.5, 0.6) is 5.75 Å². The summed E-state index contributed by atoms with van der Waals surface area (Å²) in [6, 6.07) is 13.6. The first-order valence-electron chi connectivity index (χ1n) is 8.68. The molecule has 0 bridgehead atoms. The molecule has 0 N–H and O–H groups in total. The van der Waals surface area contributed by atoms with Crippen molar-refractivity contribution < 1.29 is 14.3 Å². The topological polar surface area (TPSA) is 52.8 Å². The van der Waals surface area contributed by atoms with Crippen molar-refractivity contribution in [3.05, 3.63) is 57.3 Å². The lowest BCUT2D eigenvalue weighted by molar-refractivity contribution is -0.117. The Balaban J connectivity index is 1.92. The van der Waals surface area contributed by atoms with Crippen molar-refractivity contribution in [3.8, 4) is 5.75 Å². The molecule has 1 amide bonds. The highest BCUT2D eigenvalue weighted by molar-refractivity contribution is 9.10. The van der Waals surface area contributed by atoms with E-state index < -0.39 is 0 Å². The van der Waals surface area contributed by atoms with Gasteiger partial charge in [0.2, 0.25) is 0 Å². The van der Waals surface area contributed by atoms with Crippen LogP contribution in [0.15, 0.2) is 51.9 Å². The van der Waals surface area contributed by atoms with Crippen LogP contribution in [0.3, 0.4) is 0 Å². The zero-order chi connectivity index (χ0) is 19.2. The molecule has 2 aromatic carbocycles. The molecule has 7 heteroatoms. The summed E-state index contributed by atoms with van der Waals surface area (Å²) < 4.78 is 14.8. The number of ether oxygens (including phenoxy) is 2. The highest BCUT2D eigenvalue weighted by Crippen LogP contribution is 2.22. The average molecular weight is 449 g/mol. The van der Waals surface area contributed by atoms with Gasteiger partial charge in [-0.3, -0.25) is 4.79 Å². The van der Waals surface area contributed by atoms with Crippen LogP contribution in [0.25, 0.3) is 10.2 Å². The quantitative estimate of drug-likeness (QED) is 0.509. The number of nitrogens with zero attached hydrogens (tertiary/aromatic N) is 2. The Hall–Kier alpha value is -1.96. The smallest absolute Gasteiger partial charge is 0.252 e. The molecule has 0 fully saturated rings. The number of carbonyl (C=O) groups is 1. The van der Waals surface area contributed by atoms with Crippen molar-refractivity contribution >= 4 is 43.4 Å². The van der Waals surface area contributed by atoms with Crippen LogP contribution >= 0.6 is 27.3 Å². The first-order chi connectivity index (χ1) is 13.1. The Kier molecular flexibility index (Phi) is 6.82. The molecule has 5 nitrogen and oxygen atoms in total. The van der Waals surface area contributed by atoms with Crippen molar-refractivity contribution in [2.45, 2.75) is 19.9 Å². The van der Waals surface area contributed by atoms with E-state index in [2.05, 4.69) is 20.9 Å². The maximum absolute atomic E-state index is 12.6. The Morgan fingerprint density at radius 3 is 2.89 bits per heavy atom. The molecule has 0 radical (unpaired) electrons. The highest BCUT2D eigenvalue weighted by atomic mass is 79.9. The van der Waals surface area contributed by atoms with Crippen LogP contribution < -0.4 is 9.54 Å². The van der Waals surface area contributed by atoms with Crippen molar-refractivity contribution in [2.24, 2.45) is 4.99 Å². The van der Waals surface area contributed by atoms with Crippen LogP contribution in [-0.4, -0.2) is 30.8 Å². The summed E-state index contributed by atoms with van der Waals surface area (Å²) >= 11 is 5.01. The molecular weight excluding hydrogens is 428 g/mol. The second kappa shape index (κ2) is 9.30. The summed E-state index contributed by atoms with van der Waals surface area (Å²) in [7, 11) is 1.61. The molecule has 0 spiro atoms. The summed E-state index contributed by atoms with van der Waals surface area (Å²) in [5.74, 6) is 0.554. The van der Waals surface area contributed by atoms with Gasteiger partial charge in [0.05, 0.1) is 30.4 Å². The standard InChI is InChI=1S/C20H21BrN2O3S/c1-3-26-10-9-23-17-8-7-15(21)13-18(17)27-20(23)22-19(24)12-14-5-4-6-16(11-14)25-2/h4-8,11,13H,3,9-10,12H2,1-2H3. The van der Waals surface area contributed by atoms with Gasteiger partial charge in [-0.1, -0.05) is 39.4 Å². The van der Waals surface area contributed by atoms with E-state index >= 15 is 0 Å². The third-order valence-corrected chi connectivity index (χ3v) is 5.55. The Labute approximate surface area is 170 Å². The third-order valence-electron chi connectivity index (χ3n) is 4.02. The molecule has 1 aromatic heterocycles. The molecule has 142 valence electrons. The zero-order valence-electron chi connectivity index (χ0n) is 15.3. The van der Waals surface area contributed by atoms with Crippen LogP contribution in [-0.2, 0) is 22.5 Å². The van der Waals surface area contributed by atoms with Gasteiger partial charge in [-0.15, -0.1) is 0 Å². The fourth-order valence-electron chi connectivity index (χ4n) is 2.75. The fraction of sp³-hybridized carbons (Fsp3) is 0.300. The molecule has 0 aliphatic heterocycles. The number of amides is 1. The minimum Gasteiger partial charge on any atom is -0.497 e. The number of fused-ring (bicyclic) bond motifs is 1. The summed E-state index contributed by atoms with van der Waals surface area (Å²) in [5.41, 5.74) is 1.93. The number of hydrogen-bond acceptors (Lipinski definition) is 4. The van der Waals surface area contributed by atoms with E-state index in [1.807, 2.05) is 54.0 Å². The highest BCUT2D eigenvalue weighted by Gasteiger charge is 2.09. The first-order valence-corrected chi connectivity index (χ1v) is 10.3. The molecule has 1 heterocycles. The minimum absolute atomic E-state index is 0.181. The largest absolute Gasteiger partial charge is 0.497 e. The van der Waals surface area contributed by atoms with Crippen molar-refractivity contribution in [1.29, 1.82) is 0 Å². The van der Waals surface area contributed by atoms with E-state index in [0.717, 1.165) is 26.0 Å². The van der Waals surface area contributed by atoms with E-state index in [1.165, 1.54) is 11.3 Å². The molecule has 0 saturated heterocycles. The van der Waals surface area contributed by atoms with Gasteiger partial charge in [0.25, 0.3) is 5.91 Å². The number of methoxy groups -OCH3 is 1. The second-order valence-corrected chi connectivity index (χ2v) is 7.80. The SMILES string of the molecule is CCOCCn1c(=NC(=O)Cc2cccc(OC)c2)sc2cc(Br)ccc21. The van der Waals surface area contributed by atoms with Gasteiger partial charge in [-0.2, -0.15) is 4.99 Å². The summed E-state index contributed by atoms with van der Waals surface area (Å²) in [4.78, 5) is 17.6. The normalized spacial score (nSPS) is 11.9. The van der Waals surface area contributed by atoms with Gasteiger partial charge < -0.3 is 14.0 Å². The number of thiazole rings is 1. The van der Waals surface area contributed by atoms with E-state index in [9.17, 15) is 4.79 Å². The summed E-state index contributed by atoms with van der Waals surface area (Å²) in [6.07, 6.45) is 0.237. The Morgan fingerprint density at radius 1 is 1.26 bits per heavy atom. The summed E-state index contributed by atoms with van der Waals surface area (Å²) in [6.45, 7) is 3.86. The minimum atomic E-state index is -0.181. The Morgan fingerprint density at radius 2 is 2.11 bits per heavy atom.